The Hall–Kier alpha value is -0.710. The van der Waals surface area contributed by atoms with Crippen LogP contribution in [0.5, 0.6) is 0 Å². The molecule has 0 aromatic rings. The molecule has 1 N–H and O–H groups in total. The van der Waals surface area contributed by atoms with Crippen LogP contribution in [0, 0.1) is 28.1 Å². The number of hydrogen-bond acceptors (Lipinski definition) is 4. The van der Waals surface area contributed by atoms with Crippen molar-refractivity contribution in [2.75, 3.05) is 6.73 Å². The molecule has 4 fully saturated rings. The monoisotopic (exact) mass is 345 g/mol. The Kier molecular flexibility index (Phi) is 3.27. The number of nitrogens with one attached hydrogen (secondary N) is 1. The first-order chi connectivity index (χ1) is 11.9. The molecule has 6 atom stereocenters. The van der Waals surface area contributed by atoms with Gasteiger partial charge in [0.15, 0.2) is 5.78 Å². The minimum absolute atomic E-state index is 0.191. The Labute approximate surface area is 150 Å². The van der Waals surface area contributed by atoms with Crippen molar-refractivity contribution < 1.29 is 14.4 Å². The van der Waals surface area contributed by atoms with Crippen LogP contribution in [0.15, 0.2) is 11.6 Å². The van der Waals surface area contributed by atoms with Crippen LogP contribution in [-0.4, -0.2) is 18.3 Å². The van der Waals surface area contributed by atoms with Gasteiger partial charge in [0.25, 0.3) is 0 Å². The molecule has 1 aliphatic heterocycles. The number of fused-ring (bicyclic) bond motifs is 6. The van der Waals surface area contributed by atoms with Crippen LogP contribution >= 0.6 is 0 Å². The Bertz CT molecular complexity index is 652. The van der Waals surface area contributed by atoms with Crippen LogP contribution in [0.3, 0.4) is 0 Å². The number of carbonyl (C=O) groups is 1. The molecule has 0 bridgehead atoms. The fourth-order valence-electron chi connectivity index (χ4n) is 7.33. The summed E-state index contributed by atoms with van der Waals surface area (Å²) in [5.74, 6) is 0.348. The van der Waals surface area contributed by atoms with Crippen LogP contribution in [0.25, 0.3) is 0 Å². The van der Waals surface area contributed by atoms with Crippen molar-refractivity contribution in [3.05, 3.63) is 11.6 Å². The van der Waals surface area contributed by atoms with Gasteiger partial charge >= 0.3 is 0 Å². The normalized spacial score (nSPS) is 54.8. The first-order valence-electron chi connectivity index (χ1n) is 10.2. The summed E-state index contributed by atoms with van der Waals surface area (Å²) in [5.41, 5.74) is 4.34. The van der Waals surface area contributed by atoms with Gasteiger partial charge in [0.1, 0.15) is 6.73 Å². The zero-order valence-corrected chi connectivity index (χ0v) is 15.8. The number of hydrogen-bond donors (Lipinski definition) is 1. The van der Waals surface area contributed by atoms with Gasteiger partial charge in [-0.2, -0.15) is 5.48 Å². The lowest BCUT2D eigenvalue weighted by Gasteiger charge is -2.60. The minimum Gasteiger partial charge on any atom is -0.330 e. The molecule has 0 aromatic heterocycles. The highest BCUT2D eigenvalue weighted by molar-refractivity contribution is 5.98. The molecule has 0 aromatic carbocycles. The summed E-state index contributed by atoms with van der Waals surface area (Å²) in [4.78, 5) is 19.3. The van der Waals surface area contributed by atoms with Gasteiger partial charge in [0.2, 0.25) is 5.79 Å². The van der Waals surface area contributed by atoms with E-state index in [9.17, 15) is 4.79 Å². The molecule has 4 nitrogen and oxygen atoms in total. The van der Waals surface area contributed by atoms with E-state index in [1.54, 1.807) is 0 Å². The van der Waals surface area contributed by atoms with Gasteiger partial charge in [-0.15, -0.1) is 0 Å². The lowest BCUT2D eigenvalue weighted by molar-refractivity contribution is -0.234. The predicted octanol–water partition coefficient (Wildman–Crippen LogP) is 4.11. The standard InChI is InChI=1S/C21H31NO3/c1-18-8-4-5-9-19(18,2)16-12-17(23)20(3)15(14(16)6-10-18)7-11-21(20)24-13-22-25-21/h12,14-15,22H,4-11,13H2,1-3H3. The molecule has 5 rings (SSSR count). The van der Waals surface area contributed by atoms with E-state index in [4.69, 9.17) is 9.57 Å². The maximum absolute atomic E-state index is 13.5. The van der Waals surface area contributed by atoms with E-state index in [1.165, 1.54) is 44.1 Å². The molecular weight excluding hydrogens is 314 g/mol. The van der Waals surface area contributed by atoms with Crippen molar-refractivity contribution in [2.45, 2.75) is 77.9 Å². The molecule has 0 radical (unpaired) electrons. The van der Waals surface area contributed by atoms with E-state index < -0.39 is 11.2 Å². The Morgan fingerprint density at radius 1 is 1.08 bits per heavy atom. The molecular formula is C21H31NO3. The number of rotatable bonds is 0. The van der Waals surface area contributed by atoms with Crippen molar-refractivity contribution in [1.29, 1.82) is 0 Å². The molecule has 3 saturated carbocycles. The summed E-state index contributed by atoms with van der Waals surface area (Å²) in [6.45, 7) is 7.41. The van der Waals surface area contributed by atoms with E-state index in [-0.39, 0.29) is 11.2 Å². The second-order valence-electron chi connectivity index (χ2n) is 9.84. The molecule has 1 saturated heterocycles. The van der Waals surface area contributed by atoms with E-state index in [0.717, 1.165) is 12.8 Å². The van der Waals surface area contributed by atoms with Crippen LogP contribution in [0.1, 0.15) is 72.1 Å². The lowest BCUT2D eigenvalue weighted by atomic mass is 9.44. The first-order valence-corrected chi connectivity index (χ1v) is 10.2. The molecule has 4 aliphatic carbocycles. The summed E-state index contributed by atoms with van der Waals surface area (Å²) in [7, 11) is 0. The number of allylic oxidation sites excluding steroid dienone is 2. The smallest absolute Gasteiger partial charge is 0.202 e. The van der Waals surface area contributed by atoms with Gasteiger partial charge in [-0.25, -0.2) is 0 Å². The highest BCUT2D eigenvalue weighted by atomic mass is 16.8. The molecule has 0 amide bonds. The summed E-state index contributed by atoms with van der Waals surface area (Å²) in [6, 6.07) is 0. The van der Waals surface area contributed by atoms with Crippen molar-refractivity contribution >= 4 is 5.78 Å². The number of hydroxylamine groups is 1. The quantitative estimate of drug-likeness (QED) is 0.718. The maximum Gasteiger partial charge on any atom is 0.202 e. The van der Waals surface area contributed by atoms with Crippen molar-refractivity contribution in [2.24, 2.45) is 28.1 Å². The highest BCUT2D eigenvalue weighted by Crippen LogP contribution is 2.69. The summed E-state index contributed by atoms with van der Waals surface area (Å²) >= 11 is 0. The summed E-state index contributed by atoms with van der Waals surface area (Å²) < 4.78 is 5.99. The van der Waals surface area contributed by atoms with E-state index in [1.807, 2.05) is 6.08 Å². The molecule has 1 heterocycles. The van der Waals surface area contributed by atoms with E-state index in [2.05, 4.69) is 26.3 Å². The maximum atomic E-state index is 13.5. The number of ketones is 1. The van der Waals surface area contributed by atoms with E-state index >= 15 is 0 Å². The van der Waals surface area contributed by atoms with Crippen molar-refractivity contribution in [1.82, 2.24) is 5.48 Å². The molecule has 138 valence electrons. The molecule has 1 spiro atoms. The summed E-state index contributed by atoms with van der Waals surface area (Å²) in [6.07, 6.45) is 11.6. The average Bonchev–Trinajstić information content (AvgIpc) is 3.18. The van der Waals surface area contributed by atoms with Gasteiger partial charge in [0, 0.05) is 6.42 Å². The molecule has 5 aliphatic rings. The van der Waals surface area contributed by atoms with Crippen LogP contribution in [-0.2, 0) is 14.4 Å². The lowest BCUT2D eigenvalue weighted by Crippen LogP contribution is -2.58. The molecule has 6 unspecified atom stereocenters. The van der Waals surface area contributed by atoms with Gasteiger partial charge in [-0.1, -0.05) is 32.3 Å². The third-order valence-corrected chi connectivity index (χ3v) is 9.23. The molecule has 4 heteroatoms. The average molecular weight is 345 g/mol. The molecule has 25 heavy (non-hydrogen) atoms. The fraction of sp³-hybridized carbons (Fsp3) is 0.857. The second kappa shape index (κ2) is 4.96. The van der Waals surface area contributed by atoms with Gasteiger partial charge in [-0.3, -0.25) is 9.63 Å². The third kappa shape index (κ3) is 1.77. The van der Waals surface area contributed by atoms with E-state index in [0.29, 0.717) is 24.0 Å². The number of ether oxygens (including phenoxy) is 1. The Balaban J connectivity index is 1.62. The van der Waals surface area contributed by atoms with Gasteiger partial charge in [-0.05, 0) is 67.8 Å². The Morgan fingerprint density at radius 3 is 2.64 bits per heavy atom. The first kappa shape index (κ1) is 16.5. The predicted molar refractivity (Wildman–Crippen MR) is 94.2 cm³/mol. The zero-order chi connectivity index (χ0) is 17.5. The topological polar surface area (TPSA) is 47.6 Å². The third-order valence-electron chi connectivity index (χ3n) is 9.23. The van der Waals surface area contributed by atoms with Crippen molar-refractivity contribution in [3.63, 3.8) is 0 Å². The second-order valence-corrected chi connectivity index (χ2v) is 9.84. The Morgan fingerprint density at radius 2 is 1.88 bits per heavy atom. The minimum atomic E-state index is -0.759. The van der Waals surface area contributed by atoms with Crippen LogP contribution < -0.4 is 5.48 Å². The zero-order valence-electron chi connectivity index (χ0n) is 15.8. The fourth-order valence-corrected chi connectivity index (χ4v) is 7.33. The summed E-state index contributed by atoms with van der Waals surface area (Å²) in [5, 5.41) is 0. The SMILES string of the molecule is CC12CCCCC1(C)C1=CC(=O)C3(C)C(CCC34OCNO4)C1CC2. The number of carbonyl (C=O) groups excluding carboxylic acids is 1. The van der Waals surface area contributed by atoms with Crippen molar-refractivity contribution in [3.8, 4) is 0 Å². The highest BCUT2D eigenvalue weighted by Gasteiger charge is 2.70. The van der Waals surface area contributed by atoms with Crippen LogP contribution in [0.2, 0.25) is 0 Å². The van der Waals surface area contributed by atoms with Crippen LogP contribution in [0.4, 0.5) is 0 Å². The van der Waals surface area contributed by atoms with Gasteiger partial charge < -0.3 is 4.74 Å². The van der Waals surface area contributed by atoms with Gasteiger partial charge in [0.05, 0.1) is 5.41 Å². The largest absolute Gasteiger partial charge is 0.330 e.